The lowest BCUT2D eigenvalue weighted by Crippen LogP contribution is -2.50. The molecule has 1 saturated heterocycles. The number of hydrogen-bond donors (Lipinski definition) is 1. The van der Waals surface area contributed by atoms with Gasteiger partial charge in [0.25, 0.3) is 0 Å². The molecule has 12 heteroatoms. The Morgan fingerprint density at radius 2 is 2.13 bits per heavy atom. The summed E-state index contributed by atoms with van der Waals surface area (Å²) in [5, 5.41) is 0. The molecule has 1 amide bonds. The van der Waals surface area contributed by atoms with Crippen molar-refractivity contribution in [1.82, 2.24) is 13.7 Å². The minimum Gasteiger partial charge on any atom is -0.451 e. The van der Waals surface area contributed by atoms with Crippen LogP contribution in [0.1, 0.15) is 28.0 Å². The minimum absolute atomic E-state index is 0.0499. The molecule has 0 saturated carbocycles. The second-order valence-corrected chi connectivity index (χ2v) is 8.89. The van der Waals surface area contributed by atoms with Gasteiger partial charge in [0.2, 0.25) is 0 Å². The molecule has 0 bridgehead atoms. The summed E-state index contributed by atoms with van der Waals surface area (Å²) in [6, 6.07) is 2.70. The molecule has 2 aromatic rings. The van der Waals surface area contributed by atoms with Gasteiger partial charge in [-0.05, 0) is 43.5 Å². The van der Waals surface area contributed by atoms with Crippen molar-refractivity contribution >= 4 is 21.8 Å². The Bertz CT molecular complexity index is 1010. The third-order valence-electron chi connectivity index (χ3n) is 4.87. The number of aryl methyl sites for hydroxylation is 2. The summed E-state index contributed by atoms with van der Waals surface area (Å²) in [4.78, 5) is 16.8. The summed E-state index contributed by atoms with van der Waals surface area (Å²) in [5.41, 5.74) is 3.43. The van der Waals surface area contributed by atoms with Gasteiger partial charge in [-0.25, -0.2) is 9.37 Å². The Morgan fingerprint density at radius 3 is 2.81 bits per heavy atom. The van der Waals surface area contributed by atoms with Gasteiger partial charge in [-0.3, -0.25) is 10.2 Å². The third kappa shape index (κ3) is 5.21. The number of anilines is 1. The number of hydrogen-bond acceptors (Lipinski definition) is 8. The predicted octanol–water partition coefficient (Wildman–Crippen LogP) is 1.88. The van der Waals surface area contributed by atoms with E-state index in [1.807, 2.05) is 0 Å². The van der Waals surface area contributed by atoms with Crippen molar-refractivity contribution in [3.05, 3.63) is 47.4 Å². The summed E-state index contributed by atoms with van der Waals surface area (Å²) in [7, 11) is -2.80. The van der Waals surface area contributed by atoms with Gasteiger partial charge in [0.1, 0.15) is 12.1 Å². The molecule has 170 valence electrons. The molecule has 10 nitrogen and oxygen atoms in total. The van der Waals surface area contributed by atoms with Crippen LogP contribution >= 0.6 is 0 Å². The van der Waals surface area contributed by atoms with E-state index < -0.39 is 21.9 Å². The first-order chi connectivity index (χ1) is 14.7. The highest BCUT2D eigenvalue weighted by atomic mass is 32.2. The van der Waals surface area contributed by atoms with Crippen LogP contribution in [0.3, 0.4) is 0 Å². The highest BCUT2D eigenvalue weighted by Crippen LogP contribution is 2.24. The molecule has 1 aliphatic heterocycles. The zero-order valence-electron chi connectivity index (χ0n) is 17.5. The van der Waals surface area contributed by atoms with Crippen molar-refractivity contribution in [3.8, 4) is 0 Å². The molecule has 1 atom stereocenters. The van der Waals surface area contributed by atoms with Crippen molar-refractivity contribution in [2.45, 2.75) is 26.4 Å². The van der Waals surface area contributed by atoms with E-state index in [1.54, 1.807) is 13.8 Å². The summed E-state index contributed by atoms with van der Waals surface area (Å²) < 4.78 is 58.0. The van der Waals surface area contributed by atoms with Crippen LogP contribution in [0.4, 0.5) is 10.1 Å². The van der Waals surface area contributed by atoms with Crippen molar-refractivity contribution < 1.29 is 31.5 Å². The number of ether oxygens (including phenoxy) is 2. The van der Waals surface area contributed by atoms with Gasteiger partial charge in [0.05, 0.1) is 25.0 Å². The highest BCUT2D eigenvalue weighted by molar-refractivity contribution is 7.87. The zero-order chi connectivity index (χ0) is 22.6. The van der Waals surface area contributed by atoms with E-state index >= 15 is 0 Å². The van der Waals surface area contributed by atoms with E-state index in [1.165, 1.54) is 19.2 Å². The molecule has 0 unspecified atom stereocenters. The molecule has 0 spiro atoms. The first kappa shape index (κ1) is 23.1. The first-order valence-electron chi connectivity index (χ1n) is 9.61. The van der Waals surface area contributed by atoms with E-state index in [0.29, 0.717) is 28.6 Å². The standard InChI is InChI=1S/C19H25FN4O6S/c1-13-9-17(14(2)8-16(13)20)22-24(19(25)18-11-29-12-21-18)31(26,27)23-5-4-15(10-28-3)30-7-6-23/h8-9,11-12,15,22H,4-7,10H2,1-3H3/t15-/m1/s1. The Labute approximate surface area is 180 Å². The third-order valence-corrected chi connectivity index (χ3v) is 6.60. The van der Waals surface area contributed by atoms with Gasteiger partial charge < -0.3 is 13.9 Å². The number of aromatic nitrogens is 1. The maximum atomic E-state index is 13.9. The lowest BCUT2D eigenvalue weighted by atomic mass is 10.1. The van der Waals surface area contributed by atoms with Crippen LogP contribution in [-0.4, -0.2) is 67.5 Å². The molecule has 1 fully saturated rings. The average Bonchev–Trinajstić information content (AvgIpc) is 3.16. The summed E-state index contributed by atoms with van der Waals surface area (Å²) in [6.45, 7) is 3.80. The van der Waals surface area contributed by atoms with Crippen molar-refractivity contribution in [2.75, 3.05) is 38.8 Å². The van der Waals surface area contributed by atoms with Crippen LogP contribution < -0.4 is 5.43 Å². The van der Waals surface area contributed by atoms with Crippen molar-refractivity contribution in [2.24, 2.45) is 0 Å². The summed E-state index contributed by atoms with van der Waals surface area (Å²) in [6.07, 6.45) is 2.23. The number of methoxy groups -OCH3 is 1. The molecule has 3 rings (SSSR count). The lowest BCUT2D eigenvalue weighted by Gasteiger charge is -2.29. The Hall–Kier alpha value is -2.54. The fraction of sp³-hybridized carbons (Fsp3) is 0.474. The number of halogens is 1. The van der Waals surface area contributed by atoms with Crippen molar-refractivity contribution in [3.63, 3.8) is 0 Å². The number of carbonyl (C=O) groups is 1. The number of nitrogens with one attached hydrogen (secondary N) is 1. The summed E-state index contributed by atoms with van der Waals surface area (Å²) >= 11 is 0. The van der Waals surface area contributed by atoms with Gasteiger partial charge in [0.15, 0.2) is 12.1 Å². The second-order valence-electron chi connectivity index (χ2n) is 7.11. The van der Waals surface area contributed by atoms with Crippen LogP contribution in [0.5, 0.6) is 0 Å². The lowest BCUT2D eigenvalue weighted by molar-refractivity contribution is 0.00558. The summed E-state index contributed by atoms with van der Waals surface area (Å²) in [5.74, 6) is -1.37. The van der Waals surface area contributed by atoms with E-state index in [9.17, 15) is 17.6 Å². The number of oxazole rings is 1. The van der Waals surface area contributed by atoms with Gasteiger partial charge in [0, 0.05) is 20.2 Å². The monoisotopic (exact) mass is 456 g/mol. The molecule has 0 radical (unpaired) electrons. The topological polar surface area (TPSA) is 114 Å². The van der Waals surface area contributed by atoms with Gasteiger partial charge in [-0.2, -0.15) is 12.7 Å². The van der Waals surface area contributed by atoms with Crippen LogP contribution in [-0.2, 0) is 19.7 Å². The molecule has 1 aliphatic rings. The maximum absolute atomic E-state index is 13.9. The van der Waals surface area contributed by atoms with E-state index in [0.717, 1.165) is 17.0 Å². The molecule has 2 heterocycles. The average molecular weight is 456 g/mol. The molecule has 1 aromatic carbocycles. The molecule has 0 aliphatic carbocycles. The quantitative estimate of drug-likeness (QED) is 0.628. The molecular formula is C19H25FN4O6S. The SMILES string of the molecule is COC[C@H]1CCN(S(=O)(=O)N(Nc2cc(C)c(F)cc2C)C(=O)c2cocn2)CCO1. The van der Waals surface area contributed by atoms with Gasteiger partial charge >= 0.3 is 16.1 Å². The molecular weight excluding hydrogens is 431 g/mol. The Balaban J connectivity index is 1.94. The second kappa shape index (κ2) is 9.73. The Kier molecular flexibility index (Phi) is 7.26. The number of amides is 1. The molecule has 31 heavy (non-hydrogen) atoms. The predicted molar refractivity (Wildman–Crippen MR) is 109 cm³/mol. The largest absolute Gasteiger partial charge is 0.451 e. The smallest absolute Gasteiger partial charge is 0.324 e. The maximum Gasteiger partial charge on any atom is 0.324 e. The van der Waals surface area contributed by atoms with Crippen molar-refractivity contribution in [1.29, 1.82) is 0 Å². The van der Waals surface area contributed by atoms with E-state index in [4.69, 9.17) is 13.9 Å². The number of carbonyl (C=O) groups excluding carboxylic acids is 1. The minimum atomic E-state index is -4.34. The number of rotatable bonds is 7. The zero-order valence-corrected chi connectivity index (χ0v) is 18.3. The van der Waals surface area contributed by atoms with Crippen LogP contribution in [0, 0.1) is 19.7 Å². The number of benzene rings is 1. The number of hydrazine groups is 1. The Morgan fingerprint density at radius 1 is 1.35 bits per heavy atom. The first-order valence-corrected chi connectivity index (χ1v) is 11.0. The van der Waals surface area contributed by atoms with Crippen LogP contribution in [0.2, 0.25) is 0 Å². The van der Waals surface area contributed by atoms with E-state index in [-0.39, 0.29) is 37.2 Å². The van der Waals surface area contributed by atoms with Gasteiger partial charge in [-0.15, -0.1) is 4.41 Å². The number of nitrogens with zero attached hydrogens (tertiary/aromatic N) is 3. The van der Waals surface area contributed by atoms with Crippen LogP contribution in [0.15, 0.2) is 29.2 Å². The molecule has 1 aromatic heterocycles. The normalized spacial score (nSPS) is 17.9. The highest BCUT2D eigenvalue weighted by Gasteiger charge is 2.37. The van der Waals surface area contributed by atoms with E-state index in [2.05, 4.69) is 10.4 Å². The van der Waals surface area contributed by atoms with Crippen LogP contribution in [0.25, 0.3) is 0 Å². The fourth-order valence-electron chi connectivity index (χ4n) is 3.11. The fourth-order valence-corrected chi connectivity index (χ4v) is 4.50. The molecule has 1 N–H and O–H groups in total. The van der Waals surface area contributed by atoms with Gasteiger partial charge in [-0.1, -0.05) is 0 Å².